The van der Waals surface area contributed by atoms with Crippen LogP contribution in [0.1, 0.15) is 79.4 Å². The third-order valence-electron chi connectivity index (χ3n) is 4.75. The van der Waals surface area contributed by atoms with E-state index in [0.717, 1.165) is 51.3 Å². The Bertz CT molecular complexity index is 866. The smallest absolute Gasteiger partial charge is 0.351 e. The summed E-state index contributed by atoms with van der Waals surface area (Å²) in [6.07, 6.45) is 1.89. The summed E-state index contributed by atoms with van der Waals surface area (Å²) >= 11 is 4.46. The minimum Gasteiger partial charge on any atom is -0.535 e. The van der Waals surface area contributed by atoms with Crippen LogP contribution in [0.2, 0.25) is 0 Å². The van der Waals surface area contributed by atoms with E-state index in [1.807, 2.05) is 18.2 Å². The third-order valence-corrected chi connectivity index (χ3v) is 5.89. The number of hydrogen-bond acceptors (Lipinski definition) is 4. The molecule has 0 unspecified atom stereocenters. The molecule has 170 valence electrons. The lowest BCUT2D eigenvalue weighted by atomic mass is 9.78. The first-order valence-electron chi connectivity index (χ1n) is 11.2. The Kier molecular flexibility index (Phi) is 8.96. The van der Waals surface area contributed by atoms with Crippen molar-refractivity contribution in [3.8, 4) is 17.2 Å². The molecule has 31 heavy (non-hydrogen) atoms. The summed E-state index contributed by atoms with van der Waals surface area (Å²) in [6.45, 7) is 18.9. The highest BCUT2D eigenvalue weighted by atomic mass is 32.1. The fourth-order valence-electron chi connectivity index (χ4n) is 3.47. The Labute approximate surface area is 197 Å². The molecular weight excluding hydrogens is 420 g/mol. The zero-order valence-corrected chi connectivity index (χ0v) is 22.3. The molecule has 0 heterocycles. The van der Waals surface area contributed by atoms with E-state index >= 15 is 0 Å². The molecule has 2 radical (unpaired) electrons. The number of benzene rings is 2. The monoisotopic (exact) mass is 458 g/mol. The van der Waals surface area contributed by atoms with Gasteiger partial charge in [0.25, 0.3) is 0 Å². The van der Waals surface area contributed by atoms with E-state index in [4.69, 9.17) is 13.9 Å². The van der Waals surface area contributed by atoms with Crippen molar-refractivity contribution in [2.24, 2.45) is 0 Å². The lowest BCUT2D eigenvalue weighted by molar-refractivity contribution is 0.278. The highest BCUT2D eigenvalue weighted by Gasteiger charge is 2.34. The van der Waals surface area contributed by atoms with Crippen molar-refractivity contribution >= 4 is 27.6 Å². The van der Waals surface area contributed by atoms with E-state index in [1.165, 1.54) is 0 Å². The van der Waals surface area contributed by atoms with Crippen molar-refractivity contribution in [2.75, 3.05) is 13.2 Å². The predicted molar refractivity (Wildman–Crippen MR) is 135 cm³/mol. The van der Waals surface area contributed by atoms with Crippen molar-refractivity contribution in [1.29, 1.82) is 0 Å². The Hall–Kier alpha value is -1.59. The average Bonchev–Trinajstić information content (AvgIpc) is 2.66. The summed E-state index contributed by atoms with van der Waals surface area (Å²) in [5, 5.41) is 1.11. The minimum absolute atomic E-state index is 0.132. The second-order valence-corrected chi connectivity index (χ2v) is 11.4. The fraction of sp³-hybridized carbons (Fsp3) is 0.538. The second kappa shape index (κ2) is 10.8. The maximum absolute atomic E-state index is 6.45. The van der Waals surface area contributed by atoms with Gasteiger partial charge in [0.05, 0.1) is 13.2 Å². The van der Waals surface area contributed by atoms with Gasteiger partial charge in [-0.1, -0.05) is 67.5 Å². The normalized spacial score (nSPS) is 12.0. The standard InChI is InChI=1S/C26H38O3SSi/c1-9-14-27-20-17-21(29-31-19-13-11-12-18(30)16-19)23(26(6,7)8)24(28-15-10-2)22(20)25(3,4)5/h11-13,16-17,30H,9-10,14-15H2,1-8H3. The first-order chi connectivity index (χ1) is 14.5. The zero-order valence-electron chi connectivity index (χ0n) is 20.4. The van der Waals surface area contributed by atoms with Gasteiger partial charge in [-0.3, -0.25) is 0 Å². The molecule has 2 aromatic rings. The molecule has 0 amide bonds. The Balaban J connectivity index is 2.68. The first-order valence-corrected chi connectivity index (χ1v) is 12.5. The van der Waals surface area contributed by atoms with Gasteiger partial charge in [0.15, 0.2) is 0 Å². The van der Waals surface area contributed by atoms with Crippen molar-refractivity contribution in [2.45, 2.75) is 84.0 Å². The van der Waals surface area contributed by atoms with Crippen LogP contribution in [0.15, 0.2) is 35.2 Å². The molecule has 0 saturated carbocycles. The van der Waals surface area contributed by atoms with Crippen molar-refractivity contribution in [1.82, 2.24) is 0 Å². The van der Waals surface area contributed by atoms with Crippen LogP contribution in [0.3, 0.4) is 0 Å². The molecular formula is C26H38O3SSi. The van der Waals surface area contributed by atoms with E-state index in [0.29, 0.717) is 13.2 Å². The van der Waals surface area contributed by atoms with Crippen LogP contribution in [0.25, 0.3) is 0 Å². The van der Waals surface area contributed by atoms with Gasteiger partial charge in [0.2, 0.25) is 0 Å². The van der Waals surface area contributed by atoms with Crippen LogP contribution in [0, 0.1) is 0 Å². The SMILES string of the molecule is CCCOc1cc(O[Si]c2cccc(S)c2)c(C(C)(C)C)c(OCCC)c1C(C)(C)C. The van der Waals surface area contributed by atoms with Crippen molar-refractivity contribution in [3.63, 3.8) is 0 Å². The highest BCUT2D eigenvalue weighted by molar-refractivity contribution is 7.80. The summed E-state index contributed by atoms with van der Waals surface area (Å²) in [5.74, 6) is 2.61. The molecule has 0 atom stereocenters. The molecule has 2 aromatic carbocycles. The van der Waals surface area contributed by atoms with Gasteiger partial charge in [-0.15, -0.1) is 12.6 Å². The van der Waals surface area contributed by atoms with Gasteiger partial charge in [-0.2, -0.15) is 0 Å². The summed E-state index contributed by atoms with van der Waals surface area (Å²) in [7, 11) is 0.175. The van der Waals surface area contributed by atoms with Crippen LogP contribution in [-0.2, 0) is 10.8 Å². The second-order valence-electron chi connectivity index (χ2n) is 9.90. The molecule has 0 aliphatic heterocycles. The van der Waals surface area contributed by atoms with E-state index < -0.39 is 0 Å². The predicted octanol–water partition coefficient (Wildman–Crippen LogP) is 6.47. The van der Waals surface area contributed by atoms with Crippen LogP contribution in [0.4, 0.5) is 0 Å². The molecule has 0 fully saturated rings. The highest BCUT2D eigenvalue weighted by Crippen LogP contribution is 2.49. The first kappa shape index (κ1) is 25.7. The lowest BCUT2D eigenvalue weighted by Gasteiger charge is -2.33. The zero-order chi connectivity index (χ0) is 23.2. The maximum Gasteiger partial charge on any atom is 0.351 e. The Morgan fingerprint density at radius 2 is 1.39 bits per heavy atom. The molecule has 5 heteroatoms. The van der Waals surface area contributed by atoms with Gasteiger partial charge in [0.1, 0.15) is 17.2 Å². The molecule has 0 spiro atoms. The van der Waals surface area contributed by atoms with Crippen LogP contribution in [0.5, 0.6) is 17.2 Å². The Morgan fingerprint density at radius 1 is 0.806 bits per heavy atom. The van der Waals surface area contributed by atoms with Gasteiger partial charge in [-0.25, -0.2) is 0 Å². The van der Waals surface area contributed by atoms with Gasteiger partial charge < -0.3 is 13.9 Å². The number of hydrogen-bond donors (Lipinski definition) is 1. The molecule has 0 saturated heterocycles. The lowest BCUT2D eigenvalue weighted by Crippen LogP contribution is -2.25. The molecule has 0 N–H and O–H groups in total. The van der Waals surface area contributed by atoms with Gasteiger partial charge >= 0.3 is 9.76 Å². The fourth-order valence-corrected chi connectivity index (χ4v) is 4.58. The number of thiol groups is 1. The topological polar surface area (TPSA) is 27.7 Å². The summed E-state index contributed by atoms with van der Waals surface area (Å²) < 4.78 is 19.1. The average molecular weight is 459 g/mol. The van der Waals surface area contributed by atoms with Crippen LogP contribution < -0.4 is 19.1 Å². The number of rotatable bonds is 9. The maximum atomic E-state index is 6.45. The number of ether oxygens (including phenoxy) is 2. The van der Waals surface area contributed by atoms with Crippen LogP contribution >= 0.6 is 12.6 Å². The van der Waals surface area contributed by atoms with Gasteiger partial charge in [-0.05, 0) is 41.0 Å². The van der Waals surface area contributed by atoms with Gasteiger partial charge in [0, 0.05) is 22.1 Å². The molecule has 0 aliphatic carbocycles. The third kappa shape index (κ3) is 6.94. The molecule has 3 nitrogen and oxygen atoms in total. The van der Waals surface area contributed by atoms with Crippen molar-refractivity contribution in [3.05, 3.63) is 41.5 Å². The summed E-state index contributed by atoms with van der Waals surface area (Å²) in [6, 6.07) is 10.2. The molecule has 2 rings (SSSR count). The van der Waals surface area contributed by atoms with E-state index in [9.17, 15) is 0 Å². The van der Waals surface area contributed by atoms with Crippen LogP contribution in [-0.4, -0.2) is 23.0 Å². The molecule has 0 aromatic heterocycles. The summed E-state index contributed by atoms with van der Waals surface area (Å²) in [5.41, 5.74) is 1.93. The minimum atomic E-state index is -0.155. The quantitative estimate of drug-likeness (QED) is 0.345. The molecule has 0 aliphatic rings. The molecule has 0 bridgehead atoms. The van der Waals surface area contributed by atoms with Crippen molar-refractivity contribution < 1.29 is 13.9 Å². The largest absolute Gasteiger partial charge is 0.535 e. The Morgan fingerprint density at radius 3 is 1.94 bits per heavy atom. The summed E-state index contributed by atoms with van der Waals surface area (Å²) in [4.78, 5) is 0.937. The van der Waals surface area contributed by atoms with E-state index in [-0.39, 0.29) is 20.6 Å². The van der Waals surface area contributed by atoms with E-state index in [1.54, 1.807) is 0 Å². The van der Waals surface area contributed by atoms with E-state index in [2.05, 4.69) is 80.2 Å².